The highest BCUT2D eigenvalue weighted by atomic mass is 16.2. The second-order valence-electron chi connectivity index (χ2n) is 6.07. The largest absolute Gasteiger partial charge is 0.345 e. The Morgan fingerprint density at radius 2 is 2.05 bits per heavy atom. The van der Waals surface area contributed by atoms with Gasteiger partial charge in [0, 0.05) is 0 Å². The second-order valence-corrected chi connectivity index (χ2v) is 6.07. The first-order valence-electron chi connectivity index (χ1n) is 8.07. The molecule has 116 valence electrons. The van der Waals surface area contributed by atoms with E-state index in [-0.39, 0.29) is 18.0 Å². The van der Waals surface area contributed by atoms with E-state index >= 15 is 0 Å². The van der Waals surface area contributed by atoms with Gasteiger partial charge in [-0.2, -0.15) is 0 Å². The van der Waals surface area contributed by atoms with Crippen LogP contribution in [0.4, 0.5) is 0 Å². The quantitative estimate of drug-likeness (QED) is 0.572. The van der Waals surface area contributed by atoms with E-state index in [1.807, 2.05) is 7.05 Å². The summed E-state index contributed by atoms with van der Waals surface area (Å²) < 4.78 is 0. The molecular weight excluding hydrogens is 252 g/mol. The van der Waals surface area contributed by atoms with Crippen molar-refractivity contribution in [2.75, 3.05) is 7.05 Å². The smallest absolute Gasteiger partial charge is 0.237 e. The first-order valence-corrected chi connectivity index (χ1v) is 8.07. The van der Waals surface area contributed by atoms with Crippen LogP contribution in [0.25, 0.3) is 0 Å². The van der Waals surface area contributed by atoms with Crippen LogP contribution in [0.1, 0.15) is 58.8 Å². The van der Waals surface area contributed by atoms with Gasteiger partial charge in [-0.25, -0.2) is 0 Å². The first-order chi connectivity index (χ1) is 9.64. The average molecular weight is 282 g/mol. The molecule has 0 radical (unpaired) electrons. The second kappa shape index (κ2) is 9.11. The number of nitrogens with one attached hydrogen (secondary N) is 2. The van der Waals surface area contributed by atoms with Crippen molar-refractivity contribution in [2.24, 2.45) is 11.8 Å². The molecule has 20 heavy (non-hydrogen) atoms. The van der Waals surface area contributed by atoms with Crippen LogP contribution in [-0.2, 0) is 9.59 Å². The highest BCUT2D eigenvalue weighted by Crippen LogP contribution is 2.33. The Balaban J connectivity index is 2.43. The van der Waals surface area contributed by atoms with E-state index in [1.165, 1.54) is 12.8 Å². The Morgan fingerprint density at radius 3 is 2.50 bits per heavy atom. The molecule has 0 bridgehead atoms. The topological polar surface area (TPSA) is 58.2 Å². The maximum Gasteiger partial charge on any atom is 0.237 e. The molecule has 0 spiro atoms. The number of carbonyl (C=O) groups excluding carboxylic acids is 2. The number of hydrogen-bond donors (Lipinski definition) is 2. The molecule has 3 unspecified atom stereocenters. The molecule has 0 aromatic carbocycles. The fourth-order valence-corrected chi connectivity index (χ4v) is 2.73. The molecule has 1 aliphatic carbocycles. The van der Waals surface area contributed by atoms with E-state index in [4.69, 9.17) is 0 Å². The SMILES string of the molecule is CCCC(CC)CC(C=O)NC(=O)C(CC1CC1)NC. The first kappa shape index (κ1) is 17.2. The van der Waals surface area contributed by atoms with Crippen molar-refractivity contribution in [2.45, 2.75) is 70.9 Å². The van der Waals surface area contributed by atoms with Gasteiger partial charge in [-0.05, 0) is 31.7 Å². The Morgan fingerprint density at radius 1 is 1.35 bits per heavy atom. The summed E-state index contributed by atoms with van der Waals surface area (Å²) in [5, 5.41) is 5.97. The lowest BCUT2D eigenvalue weighted by atomic mass is 9.93. The van der Waals surface area contributed by atoms with Crippen molar-refractivity contribution < 1.29 is 9.59 Å². The molecule has 0 heterocycles. The zero-order valence-electron chi connectivity index (χ0n) is 13.2. The maximum atomic E-state index is 12.2. The fraction of sp³-hybridized carbons (Fsp3) is 0.875. The van der Waals surface area contributed by atoms with E-state index in [9.17, 15) is 9.59 Å². The molecule has 1 saturated carbocycles. The highest BCUT2D eigenvalue weighted by molar-refractivity contribution is 5.84. The number of aldehydes is 1. The molecule has 0 saturated heterocycles. The Labute approximate surface area is 123 Å². The molecule has 4 nitrogen and oxygen atoms in total. The summed E-state index contributed by atoms with van der Waals surface area (Å²) in [5.41, 5.74) is 0. The Kier molecular flexibility index (Phi) is 7.82. The van der Waals surface area contributed by atoms with Gasteiger partial charge in [0.15, 0.2) is 0 Å². The molecular formula is C16H30N2O2. The van der Waals surface area contributed by atoms with E-state index in [2.05, 4.69) is 24.5 Å². The van der Waals surface area contributed by atoms with Crippen molar-refractivity contribution in [3.05, 3.63) is 0 Å². The summed E-state index contributed by atoms with van der Waals surface area (Å²) in [7, 11) is 1.81. The molecule has 0 aromatic rings. The van der Waals surface area contributed by atoms with E-state index in [0.717, 1.165) is 38.4 Å². The van der Waals surface area contributed by atoms with Crippen LogP contribution >= 0.6 is 0 Å². The lowest BCUT2D eigenvalue weighted by Crippen LogP contribution is -2.48. The van der Waals surface area contributed by atoms with Gasteiger partial charge in [0.25, 0.3) is 0 Å². The fourth-order valence-electron chi connectivity index (χ4n) is 2.73. The van der Waals surface area contributed by atoms with E-state index in [1.54, 1.807) is 0 Å². The molecule has 1 aliphatic rings. The summed E-state index contributed by atoms with van der Waals surface area (Å²) in [6.07, 6.45) is 8.31. The predicted molar refractivity (Wildman–Crippen MR) is 81.5 cm³/mol. The van der Waals surface area contributed by atoms with Gasteiger partial charge >= 0.3 is 0 Å². The lowest BCUT2D eigenvalue weighted by molar-refractivity contribution is -0.126. The predicted octanol–water partition coefficient (Wildman–Crippen LogP) is 2.27. The van der Waals surface area contributed by atoms with Crippen LogP contribution in [-0.4, -0.2) is 31.3 Å². The van der Waals surface area contributed by atoms with Crippen LogP contribution in [0.3, 0.4) is 0 Å². The third kappa shape index (κ3) is 6.04. The number of rotatable bonds is 11. The minimum atomic E-state index is -0.339. The summed E-state index contributed by atoms with van der Waals surface area (Å²) in [6.45, 7) is 4.30. The standard InChI is InChI=1S/C16H30N2O2/c1-4-6-12(5-2)9-14(11-19)18-16(20)15(17-3)10-13-7-8-13/h11-15,17H,4-10H2,1-3H3,(H,18,20). The van der Waals surface area contributed by atoms with Crippen molar-refractivity contribution in [1.29, 1.82) is 0 Å². The monoisotopic (exact) mass is 282 g/mol. The van der Waals surface area contributed by atoms with Crippen LogP contribution in [0.5, 0.6) is 0 Å². The molecule has 3 atom stereocenters. The van der Waals surface area contributed by atoms with Crippen molar-refractivity contribution in [1.82, 2.24) is 10.6 Å². The summed E-state index contributed by atoms with van der Waals surface area (Å²) >= 11 is 0. The van der Waals surface area contributed by atoms with Crippen molar-refractivity contribution in [3.63, 3.8) is 0 Å². The van der Waals surface area contributed by atoms with Crippen LogP contribution in [0.2, 0.25) is 0 Å². The number of amides is 1. The van der Waals surface area contributed by atoms with Gasteiger partial charge in [0.05, 0.1) is 12.1 Å². The van der Waals surface area contributed by atoms with E-state index in [0.29, 0.717) is 11.8 Å². The number of likely N-dealkylation sites (N-methyl/N-ethyl adjacent to an activating group) is 1. The van der Waals surface area contributed by atoms with E-state index < -0.39 is 0 Å². The van der Waals surface area contributed by atoms with Gasteiger partial charge in [-0.3, -0.25) is 4.79 Å². The normalized spacial score (nSPS) is 19.1. The maximum absolute atomic E-state index is 12.2. The minimum absolute atomic E-state index is 0.0251. The molecule has 4 heteroatoms. The zero-order chi connectivity index (χ0) is 15.0. The van der Waals surface area contributed by atoms with Gasteiger partial charge in [0.2, 0.25) is 5.91 Å². The van der Waals surface area contributed by atoms with Gasteiger partial charge in [-0.1, -0.05) is 46.0 Å². The highest BCUT2D eigenvalue weighted by Gasteiger charge is 2.29. The molecule has 1 rings (SSSR count). The van der Waals surface area contributed by atoms with Crippen LogP contribution in [0, 0.1) is 11.8 Å². The third-order valence-corrected chi connectivity index (χ3v) is 4.28. The average Bonchev–Trinajstić information content (AvgIpc) is 3.26. The summed E-state index contributed by atoms with van der Waals surface area (Å²) in [4.78, 5) is 23.4. The lowest BCUT2D eigenvalue weighted by Gasteiger charge is -2.22. The molecule has 0 aliphatic heterocycles. The van der Waals surface area contributed by atoms with Gasteiger partial charge < -0.3 is 15.4 Å². The molecule has 1 fully saturated rings. The number of hydrogen-bond acceptors (Lipinski definition) is 3. The Bertz CT molecular complexity index is 303. The zero-order valence-corrected chi connectivity index (χ0v) is 13.2. The van der Waals surface area contributed by atoms with Gasteiger partial charge in [-0.15, -0.1) is 0 Å². The molecule has 1 amide bonds. The minimum Gasteiger partial charge on any atom is -0.345 e. The van der Waals surface area contributed by atoms with Crippen molar-refractivity contribution in [3.8, 4) is 0 Å². The molecule has 0 aromatic heterocycles. The number of carbonyl (C=O) groups is 2. The summed E-state index contributed by atoms with van der Waals surface area (Å²) in [5.74, 6) is 1.19. The van der Waals surface area contributed by atoms with Crippen LogP contribution in [0.15, 0.2) is 0 Å². The van der Waals surface area contributed by atoms with Crippen molar-refractivity contribution >= 4 is 12.2 Å². The van der Waals surface area contributed by atoms with Gasteiger partial charge in [0.1, 0.15) is 6.29 Å². The van der Waals surface area contributed by atoms with Crippen LogP contribution < -0.4 is 10.6 Å². The molecule has 2 N–H and O–H groups in total. The third-order valence-electron chi connectivity index (χ3n) is 4.28. The summed E-state index contributed by atoms with van der Waals surface area (Å²) in [6, 6.07) is -0.495. The Hall–Kier alpha value is -0.900.